The van der Waals surface area contributed by atoms with Gasteiger partial charge in [-0.2, -0.15) is 0 Å². The molecular weight excluding hydrogens is 265 g/mol. The highest BCUT2D eigenvalue weighted by Crippen LogP contribution is 2.28. The molecular formula is C14H10FNO2S. The largest absolute Gasteiger partial charge is 0.360 e. The van der Waals surface area contributed by atoms with Gasteiger partial charge in [-0.05, 0) is 30.3 Å². The Morgan fingerprint density at radius 3 is 2.37 bits per heavy atom. The molecule has 1 N–H and O–H groups in total. The lowest BCUT2D eigenvalue weighted by Crippen LogP contribution is -2.01. The van der Waals surface area contributed by atoms with Crippen molar-refractivity contribution in [1.29, 1.82) is 0 Å². The van der Waals surface area contributed by atoms with Gasteiger partial charge in [-0.25, -0.2) is 12.8 Å². The van der Waals surface area contributed by atoms with Gasteiger partial charge < -0.3 is 4.98 Å². The number of benzene rings is 2. The fourth-order valence-electron chi connectivity index (χ4n) is 2.01. The number of H-pyrrole nitrogens is 1. The second-order valence-corrected chi connectivity index (χ2v) is 6.07. The molecule has 5 heteroatoms. The topological polar surface area (TPSA) is 49.9 Å². The van der Waals surface area contributed by atoms with E-state index in [0.29, 0.717) is 5.39 Å². The molecule has 0 radical (unpaired) electrons. The summed E-state index contributed by atoms with van der Waals surface area (Å²) in [6.45, 7) is 0. The minimum Gasteiger partial charge on any atom is -0.360 e. The first-order valence-corrected chi connectivity index (χ1v) is 7.14. The van der Waals surface area contributed by atoms with Crippen molar-refractivity contribution >= 4 is 20.7 Å². The van der Waals surface area contributed by atoms with Gasteiger partial charge in [-0.15, -0.1) is 0 Å². The van der Waals surface area contributed by atoms with E-state index < -0.39 is 15.7 Å². The Labute approximate surface area is 109 Å². The molecule has 0 aliphatic rings. The van der Waals surface area contributed by atoms with E-state index in [2.05, 4.69) is 4.98 Å². The number of aromatic amines is 1. The van der Waals surface area contributed by atoms with Crippen molar-refractivity contribution in [3.63, 3.8) is 0 Å². The molecule has 0 fully saturated rings. The van der Waals surface area contributed by atoms with E-state index in [-0.39, 0.29) is 9.79 Å². The number of fused-ring (bicyclic) bond motifs is 1. The van der Waals surface area contributed by atoms with E-state index in [1.807, 2.05) is 6.07 Å². The Bertz CT molecular complexity index is 835. The summed E-state index contributed by atoms with van der Waals surface area (Å²) in [6.07, 6.45) is 1.46. The van der Waals surface area contributed by atoms with E-state index in [4.69, 9.17) is 0 Å². The normalized spacial score (nSPS) is 11.8. The summed E-state index contributed by atoms with van der Waals surface area (Å²) in [6, 6.07) is 12.0. The van der Waals surface area contributed by atoms with Crippen molar-refractivity contribution < 1.29 is 12.8 Å². The monoisotopic (exact) mass is 275 g/mol. The molecule has 3 aromatic rings. The SMILES string of the molecule is O=S(=O)(c1ccc(F)cc1)c1c[nH]c2ccccc12. The fraction of sp³-hybridized carbons (Fsp3) is 0. The Morgan fingerprint density at radius 1 is 0.947 bits per heavy atom. The van der Waals surface area contributed by atoms with Gasteiger partial charge in [0, 0.05) is 17.1 Å². The molecule has 3 nitrogen and oxygen atoms in total. The number of aromatic nitrogens is 1. The first-order chi connectivity index (χ1) is 9.09. The maximum atomic E-state index is 12.9. The molecule has 19 heavy (non-hydrogen) atoms. The van der Waals surface area contributed by atoms with Crippen molar-refractivity contribution in [2.75, 3.05) is 0 Å². The van der Waals surface area contributed by atoms with Crippen LogP contribution in [0, 0.1) is 5.82 Å². The number of hydrogen-bond donors (Lipinski definition) is 1. The first-order valence-electron chi connectivity index (χ1n) is 5.66. The predicted molar refractivity (Wildman–Crippen MR) is 70.2 cm³/mol. The van der Waals surface area contributed by atoms with Crippen LogP contribution in [0.25, 0.3) is 10.9 Å². The van der Waals surface area contributed by atoms with Gasteiger partial charge in [0.05, 0.1) is 9.79 Å². The molecule has 3 rings (SSSR count). The zero-order valence-corrected chi connectivity index (χ0v) is 10.6. The summed E-state index contributed by atoms with van der Waals surface area (Å²) in [4.78, 5) is 3.21. The smallest absolute Gasteiger partial charge is 0.208 e. The second kappa shape index (κ2) is 4.20. The molecule has 0 spiro atoms. The van der Waals surface area contributed by atoms with Gasteiger partial charge in [0.1, 0.15) is 5.82 Å². The van der Waals surface area contributed by atoms with Gasteiger partial charge in [0.25, 0.3) is 0 Å². The van der Waals surface area contributed by atoms with Gasteiger partial charge >= 0.3 is 0 Å². The van der Waals surface area contributed by atoms with Crippen LogP contribution in [0.15, 0.2) is 64.5 Å². The van der Waals surface area contributed by atoms with Crippen LogP contribution in [0.4, 0.5) is 4.39 Å². The lowest BCUT2D eigenvalue weighted by molar-refractivity contribution is 0.595. The maximum Gasteiger partial charge on any atom is 0.208 e. The molecule has 0 atom stereocenters. The molecule has 2 aromatic carbocycles. The van der Waals surface area contributed by atoms with Crippen LogP contribution in [0.1, 0.15) is 0 Å². The van der Waals surface area contributed by atoms with Gasteiger partial charge in [-0.1, -0.05) is 18.2 Å². The van der Waals surface area contributed by atoms with Gasteiger partial charge in [-0.3, -0.25) is 0 Å². The highest BCUT2D eigenvalue weighted by molar-refractivity contribution is 7.91. The molecule has 96 valence electrons. The first kappa shape index (κ1) is 11.9. The van der Waals surface area contributed by atoms with E-state index >= 15 is 0 Å². The Balaban J connectivity index is 2.22. The average molecular weight is 275 g/mol. The van der Waals surface area contributed by atoms with Crippen molar-refractivity contribution in [3.8, 4) is 0 Å². The van der Waals surface area contributed by atoms with Crippen molar-refractivity contribution in [2.24, 2.45) is 0 Å². The van der Waals surface area contributed by atoms with Crippen LogP contribution >= 0.6 is 0 Å². The number of sulfone groups is 1. The minimum absolute atomic E-state index is 0.0821. The Kier molecular flexibility index (Phi) is 2.64. The Morgan fingerprint density at radius 2 is 1.63 bits per heavy atom. The lowest BCUT2D eigenvalue weighted by Gasteiger charge is -2.03. The number of rotatable bonds is 2. The van der Waals surface area contributed by atoms with E-state index in [0.717, 1.165) is 17.6 Å². The van der Waals surface area contributed by atoms with Crippen LogP contribution in [0.3, 0.4) is 0 Å². The van der Waals surface area contributed by atoms with Crippen LogP contribution in [-0.4, -0.2) is 13.4 Å². The van der Waals surface area contributed by atoms with Crippen LogP contribution in [0.5, 0.6) is 0 Å². The van der Waals surface area contributed by atoms with Crippen molar-refractivity contribution in [3.05, 3.63) is 60.5 Å². The molecule has 0 saturated carbocycles. The van der Waals surface area contributed by atoms with Crippen LogP contribution < -0.4 is 0 Å². The Hall–Kier alpha value is -2.14. The fourth-order valence-corrected chi connectivity index (χ4v) is 3.44. The molecule has 0 aliphatic heterocycles. The summed E-state index contributed by atoms with van der Waals surface area (Å²) < 4.78 is 37.8. The van der Waals surface area contributed by atoms with E-state index in [1.165, 1.54) is 18.3 Å². The maximum absolute atomic E-state index is 12.9. The van der Waals surface area contributed by atoms with Crippen LogP contribution in [0.2, 0.25) is 0 Å². The number of para-hydroxylation sites is 1. The zero-order chi connectivity index (χ0) is 13.5. The highest BCUT2D eigenvalue weighted by Gasteiger charge is 2.21. The van der Waals surface area contributed by atoms with Crippen molar-refractivity contribution in [2.45, 2.75) is 9.79 Å². The van der Waals surface area contributed by atoms with Crippen molar-refractivity contribution in [1.82, 2.24) is 4.98 Å². The second-order valence-electron chi connectivity index (χ2n) is 4.16. The molecule has 0 bridgehead atoms. The van der Waals surface area contributed by atoms with E-state index in [9.17, 15) is 12.8 Å². The third kappa shape index (κ3) is 1.92. The quantitative estimate of drug-likeness (QED) is 0.730. The molecule has 1 aromatic heterocycles. The summed E-state index contributed by atoms with van der Waals surface area (Å²) in [5.41, 5.74) is 0.753. The summed E-state index contributed by atoms with van der Waals surface area (Å²) in [5, 5.41) is 0.631. The molecule has 0 amide bonds. The predicted octanol–water partition coefficient (Wildman–Crippen LogP) is 3.14. The van der Waals surface area contributed by atoms with Gasteiger partial charge in [0.2, 0.25) is 9.84 Å². The molecule has 0 unspecified atom stereocenters. The summed E-state index contributed by atoms with van der Waals surface area (Å²) in [5.74, 6) is -0.460. The summed E-state index contributed by atoms with van der Waals surface area (Å²) >= 11 is 0. The van der Waals surface area contributed by atoms with E-state index in [1.54, 1.807) is 18.2 Å². The lowest BCUT2D eigenvalue weighted by atomic mass is 10.2. The number of nitrogens with one attached hydrogen (secondary N) is 1. The van der Waals surface area contributed by atoms with Crippen LogP contribution in [-0.2, 0) is 9.84 Å². The molecule has 0 aliphatic carbocycles. The number of halogens is 1. The third-order valence-electron chi connectivity index (χ3n) is 2.96. The zero-order valence-electron chi connectivity index (χ0n) is 9.80. The minimum atomic E-state index is -3.64. The summed E-state index contributed by atoms with van der Waals surface area (Å²) in [7, 11) is -3.64. The van der Waals surface area contributed by atoms with Gasteiger partial charge in [0.15, 0.2) is 0 Å². The standard InChI is InChI=1S/C14H10FNO2S/c15-10-5-7-11(8-6-10)19(17,18)14-9-16-13-4-2-1-3-12(13)14/h1-9,16H. The average Bonchev–Trinajstić information content (AvgIpc) is 2.83. The highest BCUT2D eigenvalue weighted by atomic mass is 32.2. The molecule has 1 heterocycles. The third-order valence-corrected chi connectivity index (χ3v) is 4.77. The number of hydrogen-bond acceptors (Lipinski definition) is 2. The molecule has 0 saturated heterocycles.